The Morgan fingerprint density at radius 2 is 2.07 bits per heavy atom. The maximum Gasteiger partial charge on any atom is 0.312 e. The Hall–Kier alpha value is -2.12. The van der Waals surface area contributed by atoms with Gasteiger partial charge in [-0.2, -0.15) is 0 Å². The molecule has 1 aromatic heterocycles. The summed E-state index contributed by atoms with van der Waals surface area (Å²) in [6.07, 6.45) is 4.23. The second-order valence-corrected chi connectivity index (χ2v) is 8.90. The number of anilines is 1. The minimum Gasteiger partial charge on any atom is -0.497 e. The van der Waals surface area contributed by atoms with Crippen LogP contribution >= 0.6 is 11.3 Å². The predicted octanol–water partition coefficient (Wildman–Crippen LogP) is 3.61. The number of carbonyl (C=O) groups excluding carboxylic acids is 1. The van der Waals surface area contributed by atoms with Gasteiger partial charge in [0.25, 0.3) is 0 Å². The fourth-order valence-electron chi connectivity index (χ4n) is 3.85. The number of benzene rings is 1. The molecule has 1 fully saturated rings. The molecule has 1 aromatic carbocycles. The van der Waals surface area contributed by atoms with Gasteiger partial charge in [0.1, 0.15) is 5.75 Å². The number of esters is 1. The molecular formula is C22H31N3O3S. The molecule has 2 heterocycles. The standard InChI is InChI=1S/C22H31N3O3S/c1-5-28-20(26)22(14-17-7-6-8-18(13-17)27-4)9-11-25(12-10-22)16-19-15-23-21(29-19)24(2)3/h6-8,13,15H,5,9-12,14,16H2,1-4H3. The van der Waals surface area contributed by atoms with Gasteiger partial charge >= 0.3 is 5.97 Å². The van der Waals surface area contributed by atoms with Gasteiger partial charge in [0, 0.05) is 31.7 Å². The van der Waals surface area contributed by atoms with E-state index in [0.29, 0.717) is 13.0 Å². The van der Waals surface area contributed by atoms with Crippen LogP contribution in [0, 0.1) is 5.41 Å². The van der Waals surface area contributed by atoms with Gasteiger partial charge in [0.15, 0.2) is 5.13 Å². The van der Waals surface area contributed by atoms with Crippen molar-refractivity contribution in [2.75, 3.05) is 45.8 Å². The molecule has 0 spiro atoms. The third-order valence-corrected chi connectivity index (χ3v) is 6.65. The molecule has 0 radical (unpaired) electrons. The van der Waals surface area contributed by atoms with E-state index in [9.17, 15) is 4.79 Å². The fraction of sp³-hybridized carbons (Fsp3) is 0.545. The fourth-order valence-corrected chi connectivity index (χ4v) is 4.72. The smallest absolute Gasteiger partial charge is 0.312 e. The van der Waals surface area contributed by atoms with Gasteiger partial charge in [-0.15, -0.1) is 11.3 Å². The molecule has 0 bridgehead atoms. The number of nitrogens with zero attached hydrogens (tertiary/aromatic N) is 3. The summed E-state index contributed by atoms with van der Waals surface area (Å²) < 4.78 is 10.8. The maximum absolute atomic E-state index is 12.9. The lowest BCUT2D eigenvalue weighted by atomic mass is 9.73. The lowest BCUT2D eigenvalue weighted by Gasteiger charge is -2.40. The monoisotopic (exact) mass is 417 g/mol. The maximum atomic E-state index is 12.9. The van der Waals surface area contributed by atoms with E-state index in [0.717, 1.165) is 48.9 Å². The van der Waals surface area contributed by atoms with Crippen LogP contribution in [0.3, 0.4) is 0 Å². The molecule has 3 rings (SSSR count). The lowest BCUT2D eigenvalue weighted by Crippen LogP contribution is -2.46. The molecule has 0 atom stereocenters. The number of likely N-dealkylation sites (tertiary alicyclic amines) is 1. The SMILES string of the molecule is CCOC(=O)C1(Cc2cccc(OC)c2)CCN(Cc2cnc(N(C)C)s2)CC1. The number of thiazole rings is 1. The summed E-state index contributed by atoms with van der Waals surface area (Å²) in [5.74, 6) is 0.746. The summed E-state index contributed by atoms with van der Waals surface area (Å²) in [6.45, 7) is 4.91. The van der Waals surface area contributed by atoms with Crippen molar-refractivity contribution in [1.29, 1.82) is 0 Å². The first-order valence-corrected chi connectivity index (χ1v) is 10.9. The van der Waals surface area contributed by atoms with E-state index in [2.05, 4.69) is 16.0 Å². The molecule has 0 unspecified atom stereocenters. The van der Waals surface area contributed by atoms with Crippen molar-refractivity contribution in [1.82, 2.24) is 9.88 Å². The number of aromatic nitrogens is 1. The Morgan fingerprint density at radius 3 is 2.69 bits per heavy atom. The van der Waals surface area contributed by atoms with Crippen LogP contribution in [0.2, 0.25) is 0 Å². The molecule has 1 aliphatic heterocycles. The molecule has 0 aliphatic carbocycles. The molecule has 1 saturated heterocycles. The Morgan fingerprint density at radius 1 is 1.31 bits per heavy atom. The van der Waals surface area contributed by atoms with E-state index in [4.69, 9.17) is 9.47 Å². The van der Waals surface area contributed by atoms with Crippen molar-refractivity contribution >= 4 is 22.4 Å². The Kier molecular flexibility index (Phi) is 7.14. The van der Waals surface area contributed by atoms with Gasteiger partial charge in [0.05, 0.1) is 19.1 Å². The van der Waals surface area contributed by atoms with E-state index in [1.54, 1.807) is 18.4 Å². The highest BCUT2D eigenvalue weighted by atomic mass is 32.1. The molecule has 0 saturated carbocycles. The molecule has 7 heteroatoms. The quantitative estimate of drug-likeness (QED) is 0.612. The van der Waals surface area contributed by atoms with Crippen LogP contribution in [0.1, 0.15) is 30.2 Å². The molecule has 0 amide bonds. The van der Waals surface area contributed by atoms with Crippen molar-refractivity contribution in [3.63, 3.8) is 0 Å². The second kappa shape index (κ2) is 9.59. The minimum atomic E-state index is -0.471. The zero-order valence-electron chi connectivity index (χ0n) is 17.8. The molecule has 2 aromatic rings. The highest BCUT2D eigenvalue weighted by Gasteiger charge is 2.42. The van der Waals surface area contributed by atoms with Gasteiger partial charge < -0.3 is 14.4 Å². The van der Waals surface area contributed by atoms with Gasteiger partial charge in [-0.1, -0.05) is 12.1 Å². The van der Waals surface area contributed by atoms with Crippen molar-refractivity contribution in [2.45, 2.75) is 32.7 Å². The van der Waals surface area contributed by atoms with Gasteiger partial charge in [-0.05, 0) is 57.0 Å². The number of methoxy groups -OCH3 is 1. The molecular weight excluding hydrogens is 386 g/mol. The number of hydrogen-bond donors (Lipinski definition) is 0. The van der Waals surface area contributed by atoms with E-state index >= 15 is 0 Å². The summed E-state index contributed by atoms with van der Waals surface area (Å²) >= 11 is 1.72. The summed E-state index contributed by atoms with van der Waals surface area (Å²) in [5, 5.41) is 1.02. The van der Waals surface area contributed by atoms with E-state index in [1.165, 1.54) is 4.88 Å². The van der Waals surface area contributed by atoms with Crippen LogP contribution < -0.4 is 9.64 Å². The first kappa shape index (κ1) is 21.6. The van der Waals surface area contributed by atoms with Crippen LogP contribution in [0.4, 0.5) is 5.13 Å². The lowest BCUT2D eigenvalue weighted by molar-refractivity contribution is -0.158. The van der Waals surface area contributed by atoms with Crippen LogP contribution in [0.15, 0.2) is 30.5 Å². The first-order valence-electron chi connectivity index (χ1n) is 10.1. The number of carbonyl (C=O) groups is 1. The Bertz CT molecular complexity index is 813. The van der Waals surface area contributed by atoms with Crippen molar-refractivity contribution in [3.05, 3.63) is 40.9 Å². The molecule has 29 heavy (non-hydrogen) atoms. The molecule has 0 N–H and O–H groups in total. The minimum absolute atomic E-state index is 0.0739. The highest BCUT2D eigenvalue weighted by Crippen LogP contribution is 2.38. The van der Waals surface area contributed by atoms with Crippen molar-refractivity contribution in [2.24, 2.45) is 5.41 Å². The van der Waals surface area contributed by atoms with Gasteiger partial charge in [-0.25, -0.2) is 4.98 Å². The summed E-state index contributed by atoms with van der Waals surface area (Å²) in [7, 11) is 5.69. The first-order chi connectivity index (χ1) is 14.0. The topological polar surface area (TPSA) is 54.9 Å². The largest absolute Gasteiger partial charge is 0.497 e. The second-order valence-electron chi connectivity index (χ2n) is 7.81. The Balaban J connectivity index is 1.69. The van der Waals surface area contributed by atoms with Crippen LogP contribution in [0.5, 0.6) is 5.75 Å². The Labute approximate surface area is 177 Å². The third-order valence-electron chi connectivity index (χ3n) is 5.50. The van der Waals surface area contributed by atoms with E-state index < -0.39 is 5.41 Å². The average molecular weight is 418 g/mol. The van der Waals surface area contributed by atoms with Crippen LogP contribution in [-0.2, 0) is 22.5 Å². The summed E-state index contributed by atoms with van der Waals surface area (Å²) in [5.41, 5.74) is 0.644. The van der Waals surface area contributed by atoms with Crippen LogP contribution in [-0.4, -0.2) is 56.8 Å². The van der Waals surface area contributed by atoms with Crippen LogP contribution in [0.25, 0.3) is 0 Å². The summed E-state index contributed by atoms with van der Waals surface area (Å²) in [4.78, 5) is 23.1. The van der Waals surface area contributed by atoms with E-state index in [1.807, 2.05) is 50.3 Å². The zero-order chi connectivity index (χ0) is 20.9. The van der Waals surface area contributed by atoms with Gasteiger partial charge in [0.2, 0.25) is 0 Å². The number of rotatable bonds is 8. The normalized spacial score (nSPS) is 16.4. The summed E-state index contributed by atoms with van der Waals surface area (Å²) in [6, 6.07) is 8.00. The number of hydrogen-bond acceptors (Lipinski definition) is 7. The molecule has 158 valence electrons. The van der Waals surface area contributed by atoms with Gasteiger partial charge in [-0.3, -0.25) is 9.69 Å². The number of ether oxygens (including phenoxy) is 2. The highest BCUT2D eigenvalue weighted by molar-refractivity contribution is 7.15. The van der Waals surface area contributed by atoms with E-state index in [-0.39, 0.29) is 5.97 Å². The van der Waals surface area contributed by atoms with Crippen molar-refractivity contribution in [3.8, 4) is 5.75 Å². The number of piperidine rings is 1. The predicted molar refractivity (Wildman–Crippen MR) is 117 cm³/mol. The molecule has 6 nitrogen and oxygen atoms in total. The average Bonchev–Trinajstić information content (AvgIpc) is 3.19. The molecule has 1 aliphatic rings. The zero-order valence-corrected chi connectivity index (χ0v) is 18.6. The third kappa shape index (κ3) is 5.28. The van der Waals surface area contributed by atoms with Crippen molar-refractivity contribution < 1.29 is 14.3 Å².